The molecule has 0 spiro atoms. The minimum absolute atomic E-state index is 0.907. The van der Waals surface area contributed by atoms with Crippen molar-refractivity contribution in [2.45, 2.75) is 53.0 Å². The molecule has 94 valence electrons. The first kappa shape index (κ1) is 13.8. The van der Waals surface area contributed by atoms with Crippen LogP contribution >= 0.6 is 0 Å². The summed E-state index contributed by atoms with van der Waals surface area (Å²) in [4.78, 5) is 0. The topological polar surface area (TPSA) is 17.8 Å². The predicted molar refractivity (Wildman–Crippen MR) is 74.0 cm³/mol. The zero-order valence-corrected chi connectivity index (χ0v) is 11.3. The van der Waals surface area contributed by atoms with Gasteiger partial charge in [0.2, 0.25) is 0 Å². The molecule has 0 radical (unpaired) electrons. The number of aryl methyl sites for hydroxylation is 1. The predicted octanol–water partition coefficient (Wildman–Crippen LogP) is 4.27. The van der Waals surface area contributed by atoms with Crippen LogP contribution in [0.25, 0.3) is 0 Å². The molecule has 1 aromatic rings. The Kier molecular flexibility index (Phi) is 6.38. The average molecular weight is 232 g/mol. The van der Waals surface area contributed by atoms with Gasteiger partial charge in [-0.3, -0.25) is 4.68 Å². The second-order valence-corrected chi connectivity index (χ2v) is 4.53. The lowest BCUT2D eigenvalue weighted by atomic mass is 10.2. The number of hydrogen-bond donors (Lipinski definition) is 0. The SMILES string of the molecule is CCC.Cc1cnn(CC2=CCCCC=C2)c1. The van der Waals surface area contributed by atoms with Gasteiger partial charge in [-0.1, -0.05) is 38.5 Å². The zero-order chi connectivity index (χ0) is 12.5. The number of nitrogens with zero attached hydrogens (tertiary/aromatic N) is 2. The van der Waals surface area contributed by atoms with Crippen LogP contribution in [-0.4, -0.2) is 9.78 Å². The molecule has 2 heteroatoms. The molecule has 1 aliphatic rings. The van der Waals surface area contributed by atoms with Crippen LogP contribution in [0.5, 0.6) is 0 Å². The summed E-state index contributed by atoms with van der Waals surface area (Å²) in [6, 6.07) is 0. The van der Waals surface area contributed by atoms with Crippen molar-refractivity contribution >= 4 is 0 Å². The highest BCUT2D eigenvalue weighted by molar-refractivity contribution is 5.20. The first-order valence-corrected chi connectivity index (χ1v) is 6.60. The zero-order valence-electron chi connectivity index (χ0n) is 11.3. The van der Waals surface area contributed by atoms with Gasteiger partial charge in [-0.25, -0.2) is 0 Å². The molecule has 0 saturated carbocycles. The Balaban J connectivity index is 0.000000437. The Hall–Kier alpha value is -1.31. The minimum Gasteiger partial charge on any atom is -0.268 e. The Bertz CT molecular complexity index is 372. The van der Waals surface area contributed by atoms with E-state index in [1.54, 1.807) is 0 Å². The van der Waals surface area contributed by atoms with Gasteiger partial charge < -0.3 is 0 Å². The Labute approximate surface area is 105 Å². The third-order valence-corrected chi connectivity index (χ3v) is 2.42. The van der Waals surface area contributed by atoms with Crippen molar-refractivity contribution < 1.29 is 0 Å². The molecule has 1 heterocycles. The molecule has 17 heavy (non-hydrogen) atoms. The molecule has 0 unspecified atom stereocenters. The second-order valence-electron chi connectivity index (χ2n) is 4.53. The molecule has 0 saturated heterocycles. The van der Waals surface area contributed by atoms with Crippen LogP contribution in [-0.2, 0) is 6.54 Å². The molecular weight excluding hydrogens is 208 g/mol. The molecule has 0 atom stereocenters. The van der Waals surface area contributed by atoms with E-state index in [1.807, 2.05) is 10.9 Å². The highest BCUT2D eigenvalue weighted by Gasteiger charge is 1.99. The maximum Gasteiger partial charge on any atom is 0.0656 e. The van der Waals surface area contributed by atoms with Crippen LogP contribution < -0.4 is 0 Å². The van der Waals surface area contributed by atoms with E-state index in [0.29, 0.717) is 0 Å². The lowest BCUT2D eigenvalue weighted by Gasteiger charge is -2.01. The van der Waals surface area contributed by atoms with Gasteiger partial charge in [-0.2, -0.15) is 5.10 Å². The molecular formula is C15H24N2. The molecule has 2 nitrogen and oxygen atoms in total. The number of rotatable bonds is 2. The quantitative estimate of drug-likeness (QED) is 0.744. The Morgan fingerprint density at radius 3 is 2.71 bits per heavy atom. The van der Waals surface area contributed by atoms with Crippen molar-refractivity contribution in [2.24, 2.45) is 0 Å². The van der Waals surface area contributed by atoms with E-state index in [-0.39, 0.29) is 0 Å². The summed E-state index contributed by atoms with van der Waals surface area (Å²) < 4.78 is 2.00. The van der Waals surface area contributed by atoms with Gasteiger partial charge in [0.15, 0.2) is 0 Å². The molecule has 0 aromatic carbocycles. The van der Waals surface area contributed by atoms with Gasteiger partial charge in [-0.15, -0.1) is 0 Å². The van der Waals surface area contributed by atoms with Crippen molar-refractivity contribution in [3.63, 3.8) is 0 Å². The van der Waals surface area contributed by atoms with Gasteiger partial charge >= 0.3 is 0 Å². The Morgan fingerprint density at radius 1 is 1.29 bits per heavy atom. The summed E-state index contributed by atoms with van der Waals surface area (Å²) >= 11 is 0. The van der Waals surface area contributed by atoms with Crippen LogP contribution in [0.4, 0.5) is 0 Å². The molecule has 2 rings (SSSR count). The lowest BCUT2D eigenvalue weighted by molar-refractivity contribution is 0.683. The third-order valence-electron chi connectivity index (χ3n) is 2.42. The van der Waals surface area contributed by atoms with Gasteiger partial charge in [0.1, 0.15) is 0 Å². The summed E-state index contributed by atoms with van der Waals surface area (Å²) in [5.74, 6) is 0. The van der Waals surface area contributed by atoms with Crippen molar-refractivity contribution in [2.75, 3.05) is 0 Å². The smallest absolute Gasteiger partial charge is 0.0656 e. The van der Waals surface area contributed by atoms with Crippen molar-refractivity contribution in [1.29, 1.82) is 0 Å². The first-order chi connectivity index (χ1) is 8.26. The molecule has 0 bridgehead atoms. The van der Waals surface area contributed by atoms with Crippen LogP contribution in [0.1, 0.15) is 45.1 Å². The standard InChI is InChI=1S/C12H16N2.C3H8/c1-11-8-13-14(9-11)10-12-6-4-2-3-5-7-12;1-3-2/h4,6-9H,2-3,5,10H2,1H3;3H2,1-2H3. The maximum atomic E-state index is 4.28. The normalized spacial score (nSPS) is 14.6. The van der Waals surface area contributed by atoms with E-state index in [2.05, 4.69) is 50.3 Å². The van der Waals surface area contributed by atoms with Gasteiger partial charge in [0, 0.05) is 6.20 Å². The summed E-state index contributed by atoms with van der Waals surface area (Å²) in [5.41, 5.74) is 2.61. The highest BCUT2D eigenvalue weighted by atomic mass is 15.3. The van der Waals surface area contributed by atoms with E-state index in [4.69, 9.17) is 0 Å². The molecule has 1 aliphatic carbocycles. The highest BCUT2D eigenvalue weighted by Crippen LogP contribution is 2.11. The van der Waals surface area contributed by atoms with E-state index in [9.17, 15) is 0 Å². The van der Waals surface area contributed by atoms with E-state index < -0.39 is 0 Å². The van der Waals surface area contributed by atoms with Crippen molar-refractivity contribution in [1.82, 2.24) is 9.78 Å². The van der Waals surface area contributed by atoms with E-state index >= 15 is 0 Å². The first-order valence-electron chi connectivity index (χ1n) is 6.60. The number of hydrogen-bond acceptors (Lipinski definition) is 1. The summed E-state index contributed by atoms with van der Waals surface area (Å²) in [6.45, 7) is 7.23. The molecule has 0 fully saturated rings. The van der Waals surface area contributed by atoms with E-state index in [1.165, 1.54) is 36.8 Å². The minimum atomic E-state index is 0.907. The van der Waals surface area contributed by atoms with E-state index in [0.717, 1.165) is 6.54 Å². The maximum absolute atomic E-state index is 4.28. The average Bonchev–Trinajstić information content (AvgIpc) is 2.54. The molecule has 0 aliphatic heterocycles. The third kappa shape index (κ3) is 5.53. The fourth-order valence-electron chi connectivity index (χ4n) is 1.68. The van der Waals surface area contributed by atoms with Crippen LogP contribution in [0.2, 0.25) is 0 Å². The summed E-state index contributed by atoms with van der Waals surface area (Å²) in [6.07, 6.45) is 15.7. The van der Waals surface area contributed by atoms with Gasteiger partial charge in [-0.05, 0) is 37.3 Å². The summed E-state index contributed by atoms with van der Waals surface area (Å²) in [5, 5.41) is 4.28. The number of allylic oxidation sites excluding steroid dienone is 4. The van der Waals surface area contributed by atoms with Gasteiger partial charge in [0.25, 0.3) is 0 Å². The van der Waals surface area contributed by atoms with Gasteiger partial charge in [0.05, 0.1) is 12.7 Å². The monoisotopic (exact) mass is 232 g/mol. The molecule has 0 N–H and O–H groups in total. The van der Waals surface area contributed by atoms with Crippen LogP contribution in [0, 0.1) is 6.92 Å². The molecule has 0 amide bonds. The van der Waals surface area contributed by atoms with Crippen molar-refractivity contribution in [3.8, 4) is 0 Å². The summed E-state index contributed by atoms with van der Waals surface area (Å²) in [7, 11) is 0. The lowest BCUT2D eigenvalue weighted by Crippen LogP contribution is -1.99. The Morgan fingerprint density at radius 2 is 2.06 bits per heavy atom. The van der Waals surface area contributed by atoms with Crippen LogP contribution in [0.3, 0.4) is 0 Å². The van der Waals surface area contributed by atoms with Crippen LogP contribution in [0.15, 0.2) is 36.2 Å². The number of aromatic nitrogens is 2. The molecule has 1 aromatic heterocycles. The largest absolute Gasteiger partial charge is 0.268 e. The second kappa shape index (κ2) is 7.88. The van der Waals surface area contributed by atoms with Crippen molar-refractivity contribution in [3.05, 3.63) is 41.8 Å². The fraction of sp³-hybridized carbons (Fsp3) is 0.533. The fourth-order valence-corrected chi connectivity index (χ4v) is 1.68.